The van der Waals surface area contributed by atoms with Crippen LogP contribution < -0.4 is 14.2 Å². The van der Waals surface area contributed by atoms with Crippen molar-refractivity contribution in [3.8, 4) is 17.2 Å². The number of carbonyl (C=O) groups excluding carboxylic acids is 1. The molecule has 0 fully saturated rings. The van der Waals surface area contributed by atoms with Crippen LogP contribution in [0.15, 0.2) is 42.5 Å². The molecule has 0 saturated heterocycles. The van der Waals surface area contributed by atoms with E-state index in [1.54, 1.807) is 39.5 Å². The van der Waals surface area contributed by atoms with Crippen LogP contribution in [0.5, 0.6) is 17.2 Å². The zero-order chi connectivity index (χ0) is 21.8. The van der Waals surface area contributed by atoms with Crippen molar-refractivity contribution in [2.45, 2.75) is 45.6 Å². The third-order valence-corrected chi connectivity index (χ3v) is 5.37. The van der Waals surface area contributed by atoms with Crippen LogP contribution in [0.1, 0.15) is 54.9 Å². The molecule has 0 aromatic heterocycles. The second-order valence-corrected chi connectivity index (χ2v) is 7.34. The Morgan fingerprint density at radius 2 is 1.52 bits per heavy atom. The molecule has 0 heterocycles. The first kappa shape index (κ1) is 26.8. The number of para-hydroxylation sites is 1. The molecule has 0 N–H and O–H groups in total. The molecule has 0 aliphatic heterocycles. The lowest BCUT2D eigenvalue weighted by Crippen LogP contribution is -2.24. The first-order valence-corrected chi connectivity index (χ1v) is 10.7. The molecule has 2 rings (SSSR count). The Morgan fingerprint density at radius 1 is 0.839 bits per heavy atom. The van der Waals surface area contributed by atoms with Gasteiger partial charge in [-0.1, -0.05) is 38.0 Å². The smallest absolute Gasteiger partial charge is 0.163 e. The molecule has 0 saturated carbocycles. The molecule has 0 amide bonds. The minimum absolute atomic E-state index is 0. The van der Waals surface area contributed by atoms with Crippen molar-refractivity contribution in [1.82, 2.24) is 4.90 Å². The Morgan fingerprint density at radius 3 is 2.19 bits per heavy atom. The van der Waals surface area contributed by atoms with Gasteiger partial charge in [0.1, 0.15) is 5.75 Å². The topological polar surface area (TPSA) is 48.0 Å². The number of nitrogens with zero attached hydrogens (tertiary/aromatic N) is 1. The lowest BCUT2D eigenvalue weighted by Gasteiger charge is -2.21. The van der Waals surface area contributed by atoms with Gasteiger partial charge in [-0.15, -0.1) is 12.4 Å². The maximum Gasteiger partial charge on any atom is 0.163 e. The quantitative estimate of drug-likeness (QED) is 0.270. The van der Waals surface area contributed by atoms with Gasteiger partial charge in [-0.2, -0.15) is 0 Å². The van der Waals surface area contributed by atoms with Gasteiger partial charge in [-0.3, -0.25) is 9.69 Å². The number of halogens is 1. The molecule has 6 heteroatoms. The Bertz CT molecular complexity index is 797. The summed E-state index contributed by atoms with van der Waals surface area (Å²) in [7, 11) is 4.90. The van der Waals surface area contributed by atoms with Gasteiger partial charge in [0.05, 0.1) is 21.3 Å². The van der Waals surface area contributed by atoms with Crippen LogP contribution in [0.4, 0.5) is 0 Å². The fourth-order valence-electron chi connectivity index (χ4n) is 3.55. The second kappa shape index (κ2) is 14.7. The molecule has 2 aromatic rings. The highest BCUT2D eigenvalue weighted by molar-refractivity contribution is 5.96. The number of carbonyl (C=O) groups is 1. The summed E-state index contributed by atoms with van der Waals surface area (Å²) in [6, 6.07) is 13.6. The maximum atomic E-state index is 12.4. The standard InChI is InChI=1S/C25H35NO4.ClH/c1-5-26(19-21-12-9-10-14-23(21)28-2)17-11-7-6-8-13-22(27)20-15-16-24(29-3)25(18-20)30-4;/h9-10,12,14-16,18H,5-8,11,13,17,19H2,1-4H3;1H. The minimum atomic E-state index is 0. The van der Waals surface area contributed by atoms with E-state index in [0.29, 0.717) is 23.5 Å². The molecule has 0 radical (unpaired) electrons. The third kappa shape index (κ3) is 8.42. The van der Waals surface area contributed by atoms with Crippen LogP contribution in [0.2, 0.25) is 0 Å². The Hall–Kier alpha value is -2.24. The average Bonchev–Trinajstić information content (AvgIpc) is 2.79. The molecule has 0 aliphatic rings. The zero-order valence-corrected chi connectivity index (χ0v) is 20.0. The molecule has 0 bridgehead atoms. The number of Topliss-reactive ketones (excluding diaryl/α,β-unsaturated/α-hetero) is 1. The molecule has 0 unspecified atom stereocenters. The molecule has 0 aliphatic carbocycles. The van der Waals surface area contributed by atoms with Gasteiger partial charge in [0.2, 0.25) is 0 Å². The van der Waals surface area contributed by atoms with E-state index in [4.69, 9.17) is 14.2 Å². The highest BCUT2D eigenvalue weighted by Gasteiger charge is 2.11. The molecule has 0 atom stereocenters. The molecular weight excluding hydrogens is 414 g/mol. The number of hydrogen-bond donors (Lipinski definition) is 0. The third-order valence-electron chi connectivity index (χ3n) is 5.37. The van der Waals surface area contributed by atoms with Gasteiger partial charge in [0.15, 0.2) is 17.3 Å². The summed E-state index contributed by atoms with van der Waals surface area (Å²) < 4.78 is 16.0. The van der Waals surface area contributed by atoms with Gasteiger partial charge >= 0.3 is 0 Å². The van der Waals surface area contributed by atoms with Crippen LogP contribution >= 0.6 is 12.4 Å². The maximum absolute atomic E-state index is 12.4. The van der Waals surface area contributed by atoms with Gasteiger partial charge < -0.3 is 14.2 Å². The van der Waals surface area contributed by atoms with E-state index in [-0.39, 0.29) is 18.2 Å². The Labute approximate surface area is 193 Å². The number of ketones is 1. The van der Waals surface area contributed by atoms with Crippen molar-refractivity contribution in [2.75, 3.05) is 34.4 Å². The predicted octanol–water partition coefficient (Wildman–Crippen LogP) is 5.79. The SMILES string of the molecule is CCN(CCCCCCC(=O)c1ccc(OC)c(OC)c1)Cc1ccccc1OC.Cl. The van der Waals surface area contributed by atoms with E-state index in [1.807, 2.05) is 12.1 Å². The van der Waals surface area contributed by atoms with E-state index >= 15 is 0 Å². The predicted molar refractivity (Wildman–Crippen MR) is 128 cm³/mol. The van der Waals surface area contributed by atoms with Crippen molar-refractivity contribution in [1.29, 1.82) is 0 Å². The summed E-state index contributed by atoms with van der Waals surface area (Å²) >= 11 is 0. The van der Waals surface area contributed by atoms with E-state index in [1.165, 1.54) is 5.56 Å². The molecule has 0 spiro atoms. The minimum Gasteiger partial charge on any atom is -0.496 e. The first-order chi connectivity index (χ1) is 14.6. The summed E-state index contributed by atoms with van der Waals surface area (Å²) in [6.07, 6.45) is 4.79. The van der Waals surface area contributed by atoms with Crippen molar-refractivity contribution < 1.29 is 19.0 Å². The fraction of sp³-hybridized carbons (Fsp3) is 0.480. The molecule has 172 valence electrons. The highest BCUT2D eigenvalue weighted by Crippen LogP contribution is 2.28. The van der Waals surface area contributed by atoms with E-state index in [9.17, 15) is 4.79 Å². The van der Waals surface area contributed by atoms with Crippen LogP contribution in [0.25, 0.3) is 0 Å². The molecular formula is C25H36ClNO4. The number of hydrogen-bond acceptors (Lipinski definition) is 5. The highest BCUT2D eigenvalue weighted by atomic mass is 35.5. The van der Waals surface area contributed by atoms with E-state index < -0.39 is 0 Å². The lowest BCUT2D eigenvalue weighted by atomic mass is 10.0. The van der Waals surface area contributed by atoms with Crippen molar-refractivity contribution in [2.24, 2.45) is 0 Å². The van der Waals surface area contributed by atoms with Gasteiger partial charge in [-0.25, -0.2) is 0 Å². The molecule has 31 heavy (non-hydrogen) atoms. The Balaban J connectivity index is 0.00000480. The summed E-state index contributed by atoms with van der Waals surface area (Å²) in [6.45, 7) is 5.16. The largest absolute Gasteiger partial charge is 0.496 e. The van der Waals surface area contributed by atoms with Crippen molar-refractivity contribution >= 4 is 18.2 Å². The van der Waals surface area contributed by atoms with Crippen molar-refractivity contribution in [3.05, 3.63) is 53.6 Å². The van der Waals surface area contributed by atoms with Crippen molar-refractivity contribution in [3.63, 3.8) is 0 Å². The lowest BCUT2D eigenvalue weighted by molar-refractivity contribution is 0.0978. The van der Waals surface area contributed by atoms with E-state index in [2.05, 4.69) is 24.0 Å². The number of unbranched alkanes of at least 4 members (excludes halogenated alkanes) is 3. The number of methoxy groups -OCH3 is 3. The van der Waals surface area contributed by atoms with Gasteiger partial charge in [-0.05, 0) is 50.2 Å². The fourth-order valence-corrected chi connectivity index (χ4v) is 3.55. The van der Waals surface area contributed by atoms with E-state index in [0.717, 1.165) is 51.1 Å². The first-order valence-electron chi connectivity index (χ1n) is 10.7. The zero-order valence-electron chi connectivity index (χ0n) is 19.2. The van der Waals surface area contributed by atoms with Gasteiger partial charge in [0, 0.05) is 24.1 Å². The Kier molecular flexibility index (Phi) is 12.7. The number of rotatable bonds is 14. The molecule has 2 aromatic carbocycles. The van der Waals surface area contributed by atoms with Crippen LogP contribution in [-0.4, -0.2) is 45.1 Å². The van der Waals surface area contributed by atoms with Gasteiger partial charge in [0.25, 0.3) is 0 Å². The monoisotopic (exact) mass is 449 g/mol. The molecule has 5 nitrogen and oxygen atoms in total. The number of ether oxygens (including phenoxy) is 3. The van der Waals surface area contributed by atoms with Crippen LogP contribution in [-0.2, 0) is 6.54 Å². The average molecular weight is 450 g/mol. The summed E-state index contributed by atoms with van der Waals surface area (Å²) in [5, 5.41) is 0. The second-order valence-electron chi connectivity index (χ2n) is 7.34. The summed E-state index contributed by atoms with van der Waals surface area (Å²) in [4.78, 5) is 14.9. The normalized spacial score (nSPS) is 10.5. The summed E-state index contributed by atoms with van der Waals surface area (Å²) in [5.74, 6) is 2.34. The number of benzene rings is 2. The summed E-state index contributed by atoms with van der Waals surface area (Å²) in [5.41, 5.74) is 1.91. The van der Waals surface area contributed by atoms with Crippen LogP contribution in [0.3, 0.4) is 0 Å². The van der Waals surface area contributed by atoms with Crippen LogP contribution in [0, 0.1) is 0 Å².